The van der Waals surface area contributed by atoms with Crippen LogP contribution in [-0.2, 0) is 11.3 Å². The molecule has 4 heteroatoms. The highest BCUT2D eigenvalue weighted by Crippen LogP contribution is 2.36. The number of ether oxygens (including phenoxy) is 1. The minimum Gasteiger partial charge on any atom is -0.370 e. The van der Waals surface area contributed by atoms with E-state index in [-0.39, 0.29) is 5.78 Å². The van der Waals surface area contributed by atoms with Crippen molar-refractivity contribution in [3.05, 3.63) is 18.0 Å². The molecule has 0 N–H and O–H groups in total. The SMILES string of the molecule is CCn1cc(C(=O)C2(OC)CCC(C)CC2)cn1. The van der Waals surface area contributed by atoms with Crippen molar-refractivity contribution in [2.75, 3.05) is 7.11 Å². The maximum atomic E-state index is 12.6. The molecular formula is C14H22N2O2. The smallest absolute Gasteiger partial charge is 0.197 e. The molecule has 0 bridgehead atoms. The molecule has 1 saturated carbocycles. The summed E-state index contributed by atoms with van der Waals surface area (Å²) in [5.41, 5.74) is 0.0574. The first-order valence-corrected chi connectivity index (χ1v) is 6.73. The molecule has 1 aromatic rings. The van der Waals surface area contributed by atoms with Gasteiger partial charge < -0.3 is 4.74 Å². The average molecular weight is 250 g/mol. The molecule has 0 amide bonds. The summed E-state index contributed by atoms with van der Waals surface area (Å²) in [6.45, 7) is 5.03. The number of hydrogen-bond acceptors (Lipinski definition) is 3. The summed E-state index contributed by atoms with van der Waals surface area (Å²) in [4.78, 5) is 12.6. The fraction of sp³-hybridized carbons (Fsp3) is 0.714. The Morgan fingerprint density at radius 3 is 2.72 bits per heavy atom. The molecule has 2 rings (SSSR count). The number of carbonyl (C=O) groups is 1. The number of hydrogen-bond donors (Lipinski definition) is 0. The van der Waals surface area contributed by atoms with Crippen LogP contribution in [0.5, 0.6) is 0 Å². The van der Waals surface area contributed by atoms with Crippen molar-refractivity contribution in [2.45, 2.75) is 51.7 Å². The molecule has 1 fully saturated rings. The van der Waals surface area contributed by atoms with Gasteiger partial charge in [0.2, 0.25) is 0 Å². The first-order chi connectivity index (χ1) is 8.61. The topological polar surface area (TPSA) is 44.1 Å². The normalized spacial score (nSPS) is 28.3. The lowest BCUT2D eigenvalue weighted by molar-refractivity contribution is -0.0263. The lowest BCUT2D eigenvalue weighted by atomic mass is 9.76. The number of aryl methyl sites for hydroxylation is 1. The molecule has 1 aliphatic rings. The summed E-state index contributed by atoms with van der Waals surface area (Å²) >= 11 is 0. The van der Waals surface area contributed by atoms with Crippen LogP contribution in [0, 0.1) is 5.92 Å². The maximum Gasteiger partial charge on any atom is 0.197 e. The fourth-order valence-electron chi connectivity index (χ4n) is 2.67. The van der Waals surface area contributed by atoms with Crippen LogP contribution in [0.1, 0.15) is 49.9 Å². The van der Waals surface area contributed by atoms with Crippen LogP contribution in [0.2, 0.25) is 0 Å². The molecule has 0 aromatic carbocycles. The first kappa shape index (κ1) is 13.3. The molecule has 0 unspecified atom stereocenters. The van der Waals surface area contributed by atoms with E-state index in [4.69, 9.17) is 4.74 Å². The highest BCUT2D eigenvalue weighted by Gasteiger charge is 2.41. The van der Waals surface area contributed by atoms with E-state index in [1.165, 1.54) is 0 Å². The lowest BCUT2D eigenvalue weighted by Crippen LogP contribution is -2.43. The van der Waals surface area contributed by atoms with Crippen molar-refractivity contribution in [1.29, 1.82) is 0 Å². The van der Waals surface area contributed by atoms with Crippen molar-refractivity contribution in [3.63, 3.8) is 0 Å². The van der Waals surface area contributed by atoms with Gasteiger partial charge in [0.15, 0.2) is 5.78 Å². The van der Waals surface area contributed by atoms with Crippen LogP contribution >= 0.6 is 0 Å². The summed E-state index contributed by atoms with van der Waals surface area (Å²) < 4.78 is 7.38. The first-order valence-electron chi connectivity index (χ1n) is 6.73. The summed E-state index contributed by atoms with van der Waals surface area (Å²) in [6, 6.07) is 0. The third-order valence-electron chi connectivity index (χ3n) is 4.11. The molecule has 0 spiro atoms. The Bertz CT molecular complexity index is 417. The second-order valence-electron chi connectivity index (χ2n) is 5.29. The highest BCUT2D eigenvalue weighted by atomic mass is 16.5. The van der Waals surface area contributed by atoms with Crippen LogP contribution in [0.25, 0.3) is 0 Å². The molecule has 1 aromatic heterocycles. The molecule has 0 radical (unpaired) electrons. The number of carbonyl (C=O) groups excluding carboxylic acids is 1. The van der Waals surface area contributed by atoms with Gasteiger partial charge in [0, 0.05) is 19.9 Å². The van der Waals surface area contributed by atoms with Gasteiger partial charge in [-0.3, -0.25) is 9.48 Å². The third kappa shape index (κ3) is 2.34. The molecule has 18 heavy (non-hydrogen) atoms. The van der Waals surface area contributed by atoms with Gasteiger partial charge in [0.1, 0.15) is 5.60 Å². The van der Waals surface area contributed by atoms with Crippen molar-refractivity contribution in [3.8, 4) is 0 Å². The predicted molar refractivity (Wildman–Crippen MR) is 69.6 cm³/mol. The largest absolute Gasteiger partial charge is 0.370 e. The number of methoxy groups -OCH3 is 1. The van der Waals surface area contributed by atoms with Crippen LogP contribution in [-0.4, -0.2) is 28.3 Å². The van der Waals surface area contributed by atoms with Gasteiger partial charge in [-0.2, -0.15) is 5.10 Å². The molecule has 1 heterocycles. The number of Topliss-reactive ketones (excluding diaryl/α,β-unsaturated/α-hetero) is 1. The predicted octanol–water partition coefficient (Wildman–Crippen LogP) is 2.68. The van der Waals surface area contributed by atoms with E-state index in [1.807, 2.05) is 13.1 Å². The van der Waals surface area contributed by atoms with Gasteiger partial charge in [-0.1, -0.05) is 6.92 Å². The number of rotatable bonds is 4. The molecule has 0 atom stereocenters. The molecule has 0 saturated heterocycles. The van der Waals surface area contributed by atoms with Crippen molar-refractivity contribution >= 4 is 5.78 Å². The summed E-state index contributed by atoms with van der Waals surface area (Å²) in [5, 5.41) is 4.17. The van der Waals surface area contributed by atoms with Gasteiger partial charge >= 0.3 is 0 Å². The molecule has 1 aliphatic carbocycles. The number of aromatic nitrogens is 2. The van der Waals surface area contributed by atoms with Crippen LogP contribution in [0.3, 0.4) is 0 Å². The molecule has 4 nitrogen and oxygen atoms in total. The zero-order valence-corrected chi connectivity index (χ0v) is 11.5. The van der Waals surface area contributed by atoms with Gasteiger partial charge in [-0.25, -0.2) is 0 Å². The Morgan fingerprint density at radius 1 is 1.56 bits per heavy atom. The van der Waals surface area contributed by atoms with Gasteiger partial charge in [-0.05, 0) is 38.5 Å². The minimum atomic E-state index is -0.617. The highest BCUT2D eigenvalue weighted by molar-refractivity contribution is 6.02. The van der Waals surface area contributed by atoms with Gasteiger partial charge in [0.25, 0.3) is 0 Å². The second kappa shape index (κ2) is 5.22. The maximum absolute atomic E-state index is 12.6. The molecular weight excluding hydrogens is 228 g/mol. The Balaban J connectivity index is 2.19. The third-order valence-corrected chi connectivity index (χ3v) is 4.11. The van der Waals surface area contributed by atoms with Crippen molar-refractivity contribution in [1.82, 2.24) is 9.78 Å². The standard InChI is InChI=1S/C14H22N2O2/c1-4-16-10-12(9-15-16)13(17)14(18-3)7-5-11(2)6-8-14/h9-11H,4-8H2,1-3H3. The van der Waals surface area contributed by atoms with Crippen LogP contribution in [0.4, 0.5) is 0 Å². The fourth-order valence-corrected chi connectivity index (χ4v) is 2.67. The van der Waals surface area contributed by atoms with Crippen LogP contribution in [0.15, 0.2) is 12.4 Å². The molecule has 0 aliphatic heterocycles. The van der Waals surface area contributed by atoms with Gasteiger partial charge in [0.05, 0.1) is 11.8 Å². The van der Waals surface area contributed by atoms with E-state index >= 15 is 0 Å². The number of nitrogens with zero attached hydrogens (tertiary/aromatic N) is 2. The van der Waals surface area contributed by atoms with E-state index in [9.17, 15) is 4.79 Å². The summed E-state index contributed by atoms with van der Waals surface area (Å²) in [7, 11) is 1.65. The molecule has 100 valence electrons. The quantitative estimate of drug-likeness (QED) is 0.772. The summed E-state index contributed by atoms with van der Waals surface area (Å²) in [5.74, 6) is 0.788. The van der Waals surface area contributed by atoms with Crippen molar-refractivity contribution < 1.29 is 9.53 Å². The lowest BCUT2D eigenvalue weighted by Gasteiger charge is -2.36. The van der Waals surface area contributed by atoms with Crippen LogP contribution < -0.4 is 0 Å². The van der Waals surface area contributed by atoms with E-state index in [1.54, 1.807) is 18.0 Å². The van der Waals surface area contributed by atoms with E-state index in [0.717, 1.165) is 32.2 Å². The van der Waals surface area contributed by atoms with E-state index in [0.29, 0.717) is 11.5 Å². The van der Waals surface area contributed by atoms with E-state index in [2.05, 4.69) is 12.0 Å². The van der Waals surface area contributed by atoms with Gasteiger partial charge in [-0.15, -0.1) is 0 Å². The minimum absolute atomic E-state index is 0.0941. The monoisotopic (exact) mass is 250 g/mol. The summed E-state index contributed by atoms with van der Waals surface area (Å²) in [6.07, 6.45) is 7.23. The van der Waals surface area contributed by atoms with E-state index < -0.39 is 5.60 Å². The second-order valence-corrected chi connectivity index (χ2v) is 5.29. The Kier molecular flexibility index (Phi) is 3.85. The Hall–Kier alpha value is -1.16. The Labute approximate surface area is 108 Å². The zero-order valence-electron chi connectivity index (χ0n) is 11.5. The van der Waals surface area contributed by atoms with Crippen molar-refractivity contribution in [2.24, 2.45) is 5.92 Å². The number of ketones is 1. The Morgan fingerprint density at radius 2 is 2.22 bits per heavy atom. The zero-order chi connectivity index (χ0) is 13.2. The average Bonchev–Trinajstić information content (AvgIpc) is 2.88.